The van der Waals surface area contributed by atoms with E-state index in [1.165, 1.54) is 29.5 Å². The number of aryl methyl sites for hydroxylation is 1. The fourth-order valence-corrected chi connectivity index (χ4v) is 5.00. The molecule has 148 valence electrons. The van der Waals surface area contributed by atoms with Crippen LogP contribution in [-0.2, 0) is 4.79 Å². The maximum atomic E-state index is 12.5. The lowest BCUT2D eigenvalue weighted by atomic mass is 9.76. The molecule has 0 bridgehead atoms. The molecule has 2 N–H and O–H groups in total. The molecule has 1 amide bonds. The summed E-state index contributed by atoms with van der Waals surface area (Å²) >= 11 is 6.24. The number of nitrogens with one attached hydrogen (secondary N) is 2. The van der Waals surface area contributed by atoms with Crippen LogP contribution >= 0.6 is 11.6 Å². The maximum absolute atomic E-state index is 12.5. The van der Waals surface area contributed by atoms with Gasteiger partial charge >= 0.3 is 0 Å². The Labute approximate surface area is 172 Å². The molecule has 0 saturated heterocycles. The van der Waals surface area contributed by atoms with Gasteiger partial charge < -0.3 is 10.6 Å². The highest BCUT2D eigenvalue weighted by atomic mass is 35.5. The Morgan fingerprint density at radius 3 is 2.50 bits per heavy atom. The van der Waals surface area contributed by atoms with Crippen molar-refractivity contribution < 1.29 is 4.79 Å². The number of hydrogen-bond acceptors (Lipinski definition) is 2. The fourth-order valence-electron chi connectivity index (χ4n) is 4.88. The van der Waals surface area contributed by atoms with Crippen molar-refractivity contribution in [2.24, 2.45) is 5.92 Å². The molecule has 4 heteroatoms. The lowest BCUT2D eigenvalue weighted by Gasteiger charge is -2.32. The number of amides is 1. The second-order valence-corrected chi connectivity index (χ2v) is 8.70. The minimum atomic E-state index is 0.180. The summed E-state index contributed by atoms with van der Waals surface area (Å²) in [7, 11) is 2.02. The number of carbonyl (C=O) groups is 1. The molecule has 3 nitrogen and oxygen atoms in total. The summed E-state index contributed by atoms with van der Waals surface area (Å²) in [5.74, 6) is 0.732. The number of carbonyl (C=O) groups excluding carboxylic acids is 1. The van der Waals surface area contributed by atoms with E-state index in [0.717, 1.165) is 42.0 Å². The van der Waals surface area contributed by atoms with Crippen LogP contribution in [0.25, 0.3) is 0 Å². The molecule has 0 unspecified atom stereocenters. The normalized spacial score (nSPS) is 22.1. The molecule has 1 fully saturated rings. The van der Waals surface area contributed by atoms with Crippen LogP contribution in [0.1, 0.15) is 72.7 Å². The van der Waals surface area contributed by atoms with Crippen molar-refractivity contribution in [2.75, 3.05) is 12.4 Å². The zero-order valence-corrected chi connectivity index (χ0v) is 17.5. The molecular formula is C24H29ClN2O. The average molecular weight is 397 g/mol. The Kier molecular flexibility index (Phi) is 5.75. The monoisotopic (exact) mass is 396 g/mol. The van der Waals surface area contributed by atoms with Crippen LogP contribution in [-0.4, -0.2) is 13.0 Å². The van der Waals surface area contributed by atoms with Crippen LogP contribution in [0, 0.1) is 12.8 Å². The van der Waals surface area contributed by atoms with Gasteiger partial charge in [-0.25, -0.2) is 0 Å². The molecule has 4 rings (SSSR count). The molecule has 2 atom stereocenters. The molecule has 0 radical (unpaired) electrons. The predicted octanol–water partition coefficient (Wildman–Crippen LogP) is 5.96. The Bertz CT molecular complexity index is 873. The third kappa shape index (κ3) is 3.83. The second-order valence-electron chi connectivity index (χ2n) is 8.29. The van der Waals surface area contributed by atoms with Crippen molar-refractivity contribution in [3.05, 3.63) is 63.7 Å². The van der Waals surface area contributed by atoms with Crippen molar-refractivity contribution in [1.82, 2.24) is 5.32 Å². The molecule has 0 aliphatic heterocycles. The highest BCUT2D eigenvalue weighted by molar-refractivity contribution is 6.31. The van der Waals surface area contributed by atoms with Crippen molar-refractivity contribution in [3.8, 4) is 0 Å². The average Bonchev–Trinajstić information content (AvgIpc) is 3.24. The molecule has 28 heavy (non-hydrogen) atoms. The topological polar surface area (TPSA) is 41.1 Å². The van der Waals surface area contributed by atoms with Gasteiger partial charge in [0.25, 0.3) is 0 Å². The number of fused-ring (bicyclic) bond motifs is 1. The van der Waals surface area contributed by atoms with Crippen LogP contribution in [0.2, 0.25) is 5.02 Å². The zero-order valence-electron chi connectivity index (χ0n) is 16.7. The smallest absolute Gasteiger partial charge is 0.227 e. The van der Waals surface area contributed by atoms with Crippen molar-refractivity contribution in [1.29, 1.82) is 0 Å². The molecule has 2 aliphatic carbocycles. The van der Waals surface area contributed by atoms with E-state index in [-0.39, 0.29) is 11.8 Å². The zero-order chi connectivity index (χ0) is 19.7. The van der Waals surface area contributed by atoms with Crippen molar-refractivity contribution in [2.45, 2.75) is 57.4 Å². The molecule has 0 heterocycles. The van der Waals surface area contributed by atoms with Crippen molar-refractivity contribution in [3.63, 3.8) is 0 Å². The van der Waals surface area contributed by atoms with Gasteiger partial charge in [-0.2, -0.15) is 0 Å². The summed E-state index contributed by atoms with van der Waals surface area (Å²) in [4.78, 5) is 12.5. The molecule has 2 aromatic carbocycles. The molecule has 0 aromatic heterocycles. The third-order valence-corrected chi connectivity index (χ3v) is 6.93. The van der Waals surface area contributed by atoms with Crippen LogP contribution < -0.4 is 10.6 Å². The van der Waals surface area contributed by atoms with E-state index in [0.29, 0.717) is 12.0 Å². The Morgan fingerprint density at radius 2 is 1.79 bits per heavy atom. The molecule has 2 aliphatic rings. The first-order valence-corrected chi connectivity index (χ1v) is 10.8. The Balaban J connectivity index is 1.63. The van der Waals surface area contributed by atoms with Gasteiger partial charge in [0.15, 0.2) is 0 Å². The van der Waals surface area contributed by atoms with Gasteiger partial charge in [-0.15, -0.1) is 0 Å². The quantitative estimate of drug-likeness (QED) is 0.669. The van der Waals surface area contributed by atoms with E-state index in [2.05, 4.69) is 47.9 Å². The lowest BCUT2D eigenvalue weighted by molar-refractivity contribution is -0.119. The minimum Gasteiger partial charge on any atom is -0.326 e. The largest absolute Gasteiger partial charge is 0.326 e. The Morgan fingerprint density at radius 1 is 1.00 bits per heavy atom. The summed E-state index contributed by atoms with van der Waals surface area (Å²) < 4.78 is 0. The number of anilines is 1. The van der Waals surface area contributed by atoms with Gasteiger partial charge in [0.05, 0.1) is 0 Å². The second kappa shape index (κ2) is 8.26. The highest BCUT2D eigenvalue weighted by Crippen LogP contribution is 2.42. The van der Waals surface area contributed by atoms with E-state index in [1.807, 2.05) is 13.1 Å². The first kappa shape index (κ1) is 19.5. The summed E-state index contributed by atoms with van der Waals surface area (Å²) in [6.07, 6.45) is 6.57. The molecule has 1 saturated carbocycles. The summed E-state index contributed by atoms with van der Waals surface area (Å²) in [5.41, 5.74) is 6.02. The van der Waals surface area contributed by atoms with Crippen LogP contribution in [0.4, 0.5) is 5.69 Å². The van der Waals surface area contributed by atoms with Crippen molar-refractivity contribution >= 4 is 23.2 Å². The molecular weight excluding hydrogens is 368 g/mol. The van der Waals surface area contributed by atoms with Gasteiger partial charge in [0, 0.05) is 28.6 Å². The van der Waals surface area contributed by atoms with E-state index in [4.69, 9.17) is 11.6 Å². The van der Waals surface area contributed by atoms with Crippen LogP contribution in [0.15, 0.2) is 36.4 Å². The van der Waals surface area contributed by atoms with Gasteiger partial charge in [0.2, 0.25) is 5.91 Å². The fraction of sp³-hybridized carbons (Fsp3) is 0.458. The van der Waals surface area contributed by atoms with E-state index >= 15 is 0 Å². The van der Waals surface area contributed by atoms with Crippen LogP contribution in [0.5, 0.6) is 0 Å². The summed E-state index contributed by atoms with van der Waals surface area (Å²) in [6.45, 7) is 2.06. The first-order valence-electron chi connectivity index (χ1n) is 10.4. The third-order valence-electron chi connectivity index (χ3n) is 6.51. The van der Waals surface area contributed by atoms with E-state index in [1.54, 1.807) is 0 Å². The number of rotatable bonds is 4. The number of hydrogen-bond donors (Lipinski definition) is 2. The SMILES string of the molecule is CN[C@H]1CC[C@@H](c2ccc(Cl)c(C)c2)c2ccc(NC(=O)C3CCCC3)cc21. The Hall–Kier alpha value is -1.84. The summed E-state index contributed by atoms with van der Waals surface area (Å²) in [6, 6.07) is 13.1. The number of halogens is 1. The summed E-state index contributed by atoms with van der Waals surface area (Å²) in [5, 5.41) is 7.44. The van der Waals surface area contributed by atoms with Gasteiger partial charge in [-0.05, 0) is 80.1 Å². The minimum absolute atomic E-state index is 0.180. The highest BCUT2D eigenvalue weighted by Gasteiger charge is 2.29. The lowest BCUT2D eigenvalue weighted by Crippen LogP contribution is -2.25. The van der Waals surface area contributed by atoms with Crippen LogP contribution in [0.3, 0.4) is 0 Å². The standard InChI is InChI=1S/C24H29ClN2O/c1-15-13-17(7-11-22(15)25)19-10-12-23(26-2)21-14-18(8-9-20(19)21)27-24(28)16-5-3-4-6-16/h7-9,11,13-14,16,19,23,26H,3-6,10,12H2,1-2H3,(H,27,28)/t19-,23-/m0/s1. The van der Waals surface area contributed by atoms with Gasteiger partial charge in [-0.3, -0.25) is 4.79 Å². The first-order chi connectivity index (χ1) is 13.6. The van der Waals surface area contributed by atoms with E-state index in [9.17, 15) is 4.79 Å². The predicted molar refractivity (Wildman–Crippen MR) is 116 cm³/mol. The van der Waals surface area contributed by atoms with Gasteiger partial charge in [-0.1, -0.05) is 42.6 Å². The molecule has 2 aromatic rings. The number of benzene rings is 2. The van der Waals surface area contributed by atoms with Gasteiger partial charge in [0.1, 0.15) is 0 Å². The molecule has 0 spiro atoms. The maximum Gasteiger partial charge on any atom is 0.227 e. The van der Waals surface area contributed by atoms with E-state index < -0.39 is 0 Å².